The largest absolute Gasteiger partial charge is 0.397 e. The molecule has 0 aliphatic carbocycles. The second-order valence-electron chi connectivity index (χ2n) is 5.34. The molecule has 0 saturated carbocycles. The highest BCUT2D eigenvalue weighted by Gasteiger charge is 2.25. The number of hydrogen-bond acceptors (Lipinski definition) is 4. The van der Waals surface area contributed by atoms with Gasteiger partial charge >= 0.3 is 0 Å². The fourth-order valence-electron chi connectivity index (χ4n) is 2.39. The number of piperidine rings is 1. The van der Waals surface area contributed by atoms with Gasteiger partial charge in [-0.1, -0.05) is 20.8 Å². The summed E-state index contributed by atoms with van der Waals surface area (Å²) in [5.41, 5.74) is 6.60. The summed E-state index contributed by atoms with van der Waals surface area (Å²) in [6, 6.07) is 1.97. The number of thiophene rings is 1. The Bertz CT molecular complexity index is 441. The maximum absolute atomic E-state index is 11.8. The Labute approximate surface area is 113 Å². The van der Waals surface area contributed by atoms with Crippen LogP contribution in [0.1, 0.15) is 43.3 Å². The van der Waals surface area contributed by atoms with Crippen molar-refractivity contribution in [2.75, 3.05) is 23.7 Å². The number of Topliss-reactive ketones (excluding diaryl/α,β-unsaturated/α-hetero) is 1. The average molecular weight is 266 g/mol. The van der Waals surface area contributed by atoms with Crippen LogP contribution in [0.4, 0.5) is 10.7 Å². The molecule has 0 radical (unpaired) electrons. The highest BCUT2D eigenvalue weighted by molar-refractivity contribution is 7.18. The summed E-state index contributed by atoms with van der Waals surface area (Å²) in [5.74, 6) is 1.64. The van der Waals surface area contributed by atoms with Crippen molar-refractivity contribution in [2.24, 2.45) is 11.8 Å². The molecule has 2 rings (SSSR count). The number of carbonyl (C=O) groups excluding carboxylic acids is 1. The van der Waals surface area contributed by atoms with E-state index in [9.17, 15) is 4.79 Å². The molecule has 1 saturated heterocycles. The highest BCUT2D eigenvalue weighted by atomic mass is 32.1. The minimum Gasteiger partial charge on any atom is -0.397 e. The van der Waals surface area contributed by atoms with Gasteiger partial charge in [0.2, 0.25) is 0 Å². The van der Waals surface area contributed by atoms with E-state index in [0.29, 0.717) is 18.0 Å². The van der Waals surface area contributed by atoms with Gasteiger partial charge in [0.1, 0.15) is 0 Å². The molecule has 100 valence electrons. The lowest BCUT2D eigenvalue weighted by Gasteiger charge is -2.35. The van der Waals surface area contributed by atoms with E-state index in [0.717, 1.165) is 28.9 Å². The summed E-state index contributed by atoms with van der Waals surface area (Å²) < 4.78 is 0. The van der Waals surface area contributed by atoms with Gasteiger partial charge < -0.3 is 10.6 Å². The van der Waals surface area contributed by atoms with E-state index in [1.807, 2.05) is 13.0 Å². The molecule has 1 aromatic heterocycles. The second kappa shape index (κ2) is 5.31. The lowest BCUT2D eigenvalue weighted by atomic mass is 9.89. The summed E-state index contributed by atoms with van der Waals surface area (Å²) in [6.45, 7) is 8.64. The molecule has 18 heavy (non-hydrogen) atoms. The van der Waals surface area contributed by atoms with Crippen molar-refractivity contribution in [1.82, 2.24) is 0 Å². The number of nitrogens with zero attached hydrogens (tertiary/aromatic N) is 1. The van der Waals surface area contributed by atoms with E-state index in [1.54, 1.807) is 11.3 Å². The maximum atomic E-state index is 11.8. The van der Waals surface area contributed by atoms with Gasteiger partial charge in [0, 0.05) is 19.5 Å². The van der Waals surface area contributed by atoms with Crippen molar-refractivity contribution in [1.29, 1.82) is 0 Å². The summed E-state index contributed by atoms with van der Waals surface area (Å²) in [4.78, 5) is 14.9. The SMILES string of the molecule is CCC(=O)c1sc(N2CCC(C)C(C)C2)cc1N. The van der Waals surface area contributed by atoms with Crippen LogP contribution in [0.2, 0.25) is 0 Å². The number of nitrogens with two attached hydrogens (primary N) is 1. The summed E-state index contributed by atoms with van der Waals surface area (Å²) in [7, 11) is 0. The van der Waals surface area contributed by atoms with Crippen LogP contribution >= 0.6 is 11.3 Å². The fourth-order valence-corrected chi connectivity index (χ4v) is 3.51. The van der Waals surface area contributed by atoms with Gasteiger partial charge in [-0.15, -0.1) is 11.3 Å². The van der Waals surface area contributed by atoms with Crippen LogP contribution in [0, 0.1) is 11.8 Å². The predicted octanol–water partition coefficient (Wildman–Crippen LogP) is 3.41. The van der Waals surface area contributed by atoms with Gasteiger partial charge in [0.15, 0.2) is 5.78 Å². The van der Waals surface area contributed by atoms with Crippen LogP contribution in [0.25, 0.3) is 0 Å². The second-order valence-corrected chi connectivity index (χ2v) is 6.37. The first-order valence-electron chi connectivity index (χ1n) is 6.70. The molecule has 1 aromatic rings. The van der Waals surface area contributed by atoms with E-state index in [-0.39, 0.29) is 5.78 Å². The van der Waals surface area contributed by atoms with Gasteiger partial charge in [-0.05, 0) is 24.3 Å². The van der Waals surface area contributed by atoms with Crippen LogP contribution in [0.5, 0.6) is 0 Å². The minimum absolute atomic E-state index is 0.155. The van der Waals surface area contributed by atoms with E-state index >= 15 is 0 Å². The smallest absolute Gasteiger partial charge is 0.174 e. The molecule has 2 N–H and O–H groups in total. The zero-order valence-corrected chi connectivity index (χ0v) is 12.2. The minimum atomic E-state index is 0.155. The number of anilines is 2. The first-order valence-corrected chi connectivity index (χ1v) is 7.52. The number of rotatable bonds is 3. The fraction of sp³-hybridized carbons (Fsp3) is 0.643. The standard InChI is InChI=1S/C14H22N2OS/c1-4-12(17)14-11(15)7-13(18-14)16-6-5-9(2)10(3)8-16/h7,9-10H,4-6,8,15H2,1-3H3. The van der Waals surface area contributed by atoms with Crippen molar-refractivity contribution >= 4 is 27.8 Å². The Kier molecular flexibility index (Phi) is 3.95. The Morgan fingerprint density at radius 1 is 1.50 bits per heavy atom. The van der Waals surface area contributed by atoms with E-state index in [1.165, 1.54) is 6.42 Å². The van der Waals surface area contributed by atoms with E-state index in [2.05, 4.69) is 18.7 Å². The van der Waals surface area contributed by atoms with Crippen LogP contribution in [-0.2, 0) is 0 Å². The number of nitrogen functional groups attached to an aromatic ring is 1. The van der Waals surface area contributed by atoms with Crippen molar-refractivity contribution in [2.45, 2.75) is 33.6 Å². The average Bonchev–Trinajstić information content (AvgIpc) is 2.74. The topological polar surface area (TPSA) is 46.3 Å². The molecule has 0 amide bonds. The molecule has 0 spiro atoms. The van der Waals surface area contributed by atoms with Crippen LogP contribution < -0.4 is 10.6 Å². The molecule has 1 fully saturated rings. The third-order valence-corrected chi connectivity index (χ3v) is 5.22. The molecule has 1 aliphatic rings. The molecular formula is C14H22N2OS. The van der Waals surface area contributed by atoms with Crippen molar-refractivity contribution in [3.63, 3.8) is 0 Å². The summed E-state index contributed by atoms with van der Waals surface area (Å²) in [5, 5.41) is 1.16. The molecule has 3 nitrogen and oxygen atoms in total. The molecule has 4 heteroatoms. The third-order valence-electron chi connectivity index (χ3n) is 3.97. The highest BCUT2D eigenvalue weighted by Crippen LogP contribution is 2.36. The first-order chi connectivity index (χ1) is 8.52. The van der Waals surface area contributed by atoms with E-state index < -0.39 is 0 Å². The summed E-state index contributed by atoms with van der Waals surface area (Å²) >= 11 is 1.55. The number of carbonyl (C=O) groups is 1. The Morgan fingerprint density at radius 2 is 2.22 bits per heavy atom. The first kappa shape index (κ1) is 13.4. The normalized spacial score (nSPS) is 24.3. The van der Waals surface area contributed by atoms with Crippen molar-refractivity contribution in [3.8, 4) is 0 Å². The molecular weight excluding hydrogens is 244 g/mol. The molecule has 2 unspecified atom stereocenters. The zero-order chi connectivity index (χ0) is 13.3. The van der Waals surface area contributed by atoms with Crippen LogP contribution in [0.15, 0.2) is 6.07 Å². The lowest BCUT2D eigenvalue weighted by Crippen LogP contribution is -2.37. The number of ketones is 1. The van der Waals surface area contributed by atoms with Crippen molar-refractivity contribution in [3.05, 3.63) is 10.9 Å². The van der Waals surface area contributed by atoms with Gasteiger partial charge in [-0.3, -0.25) is 4.79 Å². The zero-order valence-electron chi connectivity index (χ0n) is 11.4. The Hall–Kier alpha value is -1.03. The molecule has 2 atom stereocenters. The van der Waals surface area contributed by atoms with Gasteiger partial charge in [0.25, 0.3) is 0 Å². The van der Waals surface area contributed by atoms with Gasteiger partial charge in [0.05, 0.1) is 15.6 Å². The Balaban J connectivity index is 2.17. The van der Waals surface area contributed by atoms with E-state index in [4.69, 9.17) is 5.73 Å². The maximum Gasteiger partial charge on any atom is 0.174 e. The number of hydrogen-bond donors (Lipinski definition) is 1. The van der Waals surface area contributed by atoms with Gasteiger partial charge in [-0.25, -0.2) is 0 Å². The quantitative estimate of drug-likeness (QED) is 0.853. The van der Waals surface area contributed by atoms with Crippen LogP contribution in [0.3, 0.4) is 0 Å². The monoisotopic (exact) mass is 266 g/mol. The predicted molar refractivity (Wildman–Crippen MR) is 78.5 cm³/mol. The van der Waals surface area contributed by atoms with Gasteiger partial charge in [-0.2, -0.15) is 0 Å². The lowest BCUT2D eigenvalue weighted by molar-refractivity contribution is 0.0993. The molecule has 0 bridgehead atoms. The van der Waals surface area contributed by atoms with Crippen molar-refractivity contribution < 1.29 is 4.79 Å². The summed E-state index contributed by atoms with van der Waals surface area (Å²) in [6.07, 6.45) is 1.74. The Morgan fingerprint density at radius 3 is 2.83 bits per heavy atom. The molecule has 1 aliphatic heterocycles. The third kappa shape index (κ3) is 2.53. The molecule has 0 aromatic carbocycles. The van der Waals surface area contributed by atoms with Crippen LogP contribution in [-0.4, -0.2) is 18.9 Å². The molecule has 2 heterocycles.